The number of halogens is 1. The molecule has 1 atom stereocenters. The fourth-order valence-electron chi connectivity index (χ4n) is 3.55. The van der Waals surface area contributed by atoms with E-state index in [-0.39, 0.29) is 0 Å². The van der Waals surface area contributed by atoms with Crippen LogP contribution >= 0.6 is 11.6 Å². The summed E-state index contributed by atoms with van der Waals surface area (Å²) in [7, 11) is 0. The molecule has 1 aliphatic rings. The van der Waals surface area contributed by atoms with Crippen LogP contribution in [-0.2, 0) is 13.0 Å². The van der Waals surface area contributed by atoms with Gasteiger partial charge in [0.15, 0.2) is 0 Å². The van der Waals surface area contributed by atoms with Gasteiger partial charge in [0.25, 0.3) is 0 Å². The van der Waals surface area contributed by atoms with Gasteiger partial charge in [0.2, 0.25) is 0 Å². The molecule has 1 aromatic carbocycles. The summed E-state index contributed by atoms with van der Waals surface area (Å²) in [5.74, 6) is 0.772. The second kappa shape index (κ2) is 11.4. The molecule has 0 spiro atoms. The van der Waals surface area contributed by atoms with Crippen LogP contribution in [0.5, 0.6) is 5.75 Å². The number of likely N-dealkylation sites (tertiary alicyclic amines) is 1. The molecule has 3 rings (SSSR count). The largest absolute Gasteiger partial charge is 0.491 e. The molecule has 2 aromatic rings. The molecule has 3 N–H and O–H groups in total. The Kier molecular flexibility index (Phi) is 8.61. The summed E-state index contributed by atoms with van der Waals surface area (Å²) < 4.78 is 5.94. The van der Waals surface area contributed by atoms with Gasteiger partial charge in [-0.2, -0.15) is 0 Å². The van der Waals surface area contributed by atoms with Gasteiger partial charge in [0.05, 0.1) is 6.33 Å². The Hall–Kier alpha value is -1.60. The SMILES string of the molecule is OC(COc1ccc(Cl)cc1CNCCc1cnc[nH]1)CN1CCCCCC1. The van der Waals surface area contributed by atoms with Crippen LogP contribution in [0.4, 0.5) is 0 Å². The Morgan fingerprint density at radius 1 is 1.25 bits per heavy atom. The predicted molar refractivity (Wildman–Crippen MR) is 112 cm³/mol. The van der Waals surface area contributed by atoms with Gasteiger partial charge in [-0.3, -0.25) is 0 Å². The fourth-order valence-corrected chi connectivity index (χ4v) is 3.74. The Bertz CT molecular complexity index is 688. The molecule has 1 aromatic heterocycles. The summed E-state index contributed by atoms with van der Waals surface area (Å²) in [6, 6.07) is 5.63. The number of nitrogens with one attached hydrogen (secondary N) is 2. The molecule has 1 aliphatic heterocycles. The van der Waals surface area contributed by atoms with Gasteiger partial charge in [-0.25, -0.2) is 4.98 Å². The third-order valence-electron chi connectivity index (χ3n) is 5.06. The smallest absolute Gasteiger partial charge is 0.124 e. The van der Waals surface area contributed by atoms with E-state index in [0.717, 1.165) is 43.1 Å². The first-order valence-electron chi connectivity index (χ1n) is 10.2. The van der Waals surface area contributed by atoms with Crippen LogP contribution < -0.4 is 10.1 Å². The van der Waals surface area contributed by atoms with Crippen LogP contribution in [0.15, 0.2) is 30.7 Å². The molecular formula is C21H31ClN4O2. The third-order valence-corrected chi connectivity index (χ3v) is 5.30. The van der Waals surface area contributed by atoms with E-state index < -0.39 is 6.10 Å². The normalized spacial score (nSPS) is 16.6. The number of ether oxygens (including phenoxy) is 1. The molecule has 0 radical (unpaired) electrons. The lowest BCUT2D eigenvalue weighted by molar-refractivity contribution is 0.0690. The maximum Gasteiger partial charge on any atom is 0.124 e. The molecule has 7 heteroatoms. The van der Waals surface area contributed by atoms with E-state index in [0.29, 0.717) is 24.7 Å². The molecule has 0 amide bonds. The number of aliphatic hydroxyl groups is 1. The zero-order chi connectivity index (χ0) is 19.6. The minimum Gasteiger partial charge on any atom is -0.491 e. The van der Waals surface area contributed by atoms with Crippen molar-refractivity contribution in [3.05, 3.63) is 47.0 Å². The molecular weight excluding hydrogens is 376 g/mol. The number of aliphatic hydroxyl groups excluding tert-OH is 1. The van der Waals surface area contributed by atoms with E-state index in [9.17, 15) is 5.11 Å². The quantitative estimate of drug-likeness (QED) is 0.529. The lowest BCUT2D eigenvalue weighted by Crippen LogP contribution is -2.36. The first-order chi connectivity index (χ1) is 13.7. The zero-order valence-electron chi connectivity index (χ0n) is 16.4. The molecule has 6 nitrogen and oxygen atoms in total. The summed E-state index contributed by atoms with van der Waals surface area (Å²) >= 11 is 6.17. The predicted octanol–water partition coefficient (Wildman–Crippen LogP) is 3.01. The second-order valence-electron chi connectivity index (χ2n) is 7.44. The summed E-state index contributed by atoms with van der Waals surface area (Å²) in [5, 5.41) is 14.5. The standard InChI is InChI=1S/C21H31ClN4O2/c22-18-5-6-21(17(11-18)12-23-8-7-19-13-24-16-25-19)28-15-20(27)14-26-9-3-1-2-4-10-26/h5-6,11,13,16,20,23,27H,1-4,7-10,12,14-15H2,(H,24,25). The van der Waals surface area contributed by atoms with E-state index >= 15 is 0 Å². The highest BCUT2D eigenvalue weighted by Gasteiger charge is 2.15. The number of hydrogen-bond donors (Lipinski definition) is 3. The highest BCUT2D eigenvalue weighted by molar-refractivity contribution is 6.30. The van der Waals surface area contributed by atoms with Crippen molar-refractivity contribution in [2.45, 2.75) is 44.8 Å². The lowest BCUT2D eigenvalue weighted by atomic mass is 10.2. The van der Waals surface area contributed by atoms with E-state index in [1.807, 2.05) is 24.4 Å². The maximum atomic E-state index is 10.4. The van der Waals surface area contributed by atoms with Crippen molar-refractivity contribution in [2.24, 2.45) is 0 Å². The Labute approximate surface area is 172 Å². The molecule has 2 heterocycles. The van der Waals surface area contributed by atoms with Crippen LogP contribution in [0.2, 0.25) is 5.02 Å². The fraction of sp³-hybridized carbons (Fsp3) is 0.571. The molecule has 1 unspecified atom stereocenters. The van der Waals surface area contributed by atoms with Crippen molar-refractivity contribution in [1.29, 1.82) is 0 Å². The van der Waals surface area contributed by atoms with Gasteiger partial charge in [0, 0.05) is 48.5 Å². The number of aromatic amines is 1. The van der Waals surface area contributed by atoms with Crippen LogP contribution in [0.1, 0.15) is 36.9 Å². The van der Waals surface area contributed by atoms with Gasteiger partial charge in [-0.05, 0) is 44.1 Å². The summed E-state index contributed by atoms with van der Waals surface area (Å²) in [5.41, 5.74) is 2.10. The zero-order valence-corrected chi connectivity index (χ0v) is 17.1. The highest BCUT2D eigenvalue weighted by Crippen LogP contribution is 2.23. The lowest BCUT2D eigenvalue weighted by Gasteiger charge is -2.23. The van der Waals surface area contributed by atoms with Crippen molar-refractivity contribution in [2.75, 3.05) is 32.8 Å². The van der Waals surface area contributed by atoms with Gasteiger partial charge >= 0.3 is 0 Å². The number of β-amino-alcohol motifs (C(OH)–C–C–N with tert-alkyl or cyclic N) is 1. The first kappa shape index (κ1) is 21.1. The Morgan fingerprint density at radius 3 is 2.82 bits per heavy atom. The topological polar surface area (TPSA) is 73.4 Å². The molecule has 0 bridgehead atoms. The summed E-state index contributed by atoms with van der Waals surface area (Å²) in [6.07, 6.45) is 8.95. The number of hydrogen-bond acceptors (Lipinski definition) is 5. The molecule has 0 aliphatic carbocycles. The second-order valence-corrected chi connectivity index (χ2v) is 7.87. The van der Waals surface area contributed by atoms with Crippen LogP contribution in [0.25, 0.3) is 0 Å². The van der Waals surface area contributed by atoms with E-state index in [2.05, 4.69) is 20.2 Å². The Morgan fingerprint density at radius 2 is 2.07 bits per heavy atom. The number of benzene rings is 1. The minimum absolute atomic E-state index is 0.291. The van der Waals surface area contributed by atoms with E-state index in [1.54, 1.807) is 6.33 Å². The average Bonchev–Trinajstić information content (AvgIpc) is 3.08. The number of imidazole rings is 1. The van der Waals surface area contributed by atoms with E-state index in [1.165, 1.54) is 25.7 Å². The van der Waals surface area contributed by atoms with Gasteiger partial charge in [-0.15, -0.1) is 0 Å². The molecule has 28 heavy (non-hydrogen) atoms. The van der Waals surface area contributed by atoms with Crippen molar-refractivity contribution in [3.63, 3.8) is 0 Å². The minimum atomic E-state index is -0.491. The van der Waals surface area contributed by atoms with Crippen molar-refractivity contribution in [1.82, 2.24) is 20.2 Å². The van der Waals surface area contributed by atoms with Crippen LogP contribution in [0.3, 0.4) is 0 Å². The molecule has 0 saturated carbocycles. The van der Waals surface area contributed by atoms with Crippen LogP contribution in [0, 0.1) is 0 Å². The molecule has 154 valence electrons. The van der Waals surface area contributed by atoms with Crippen molar-refractivity contribution < 1.29 is 9.84 Å². The number of H-pyrrole nitrogens is 1. The van der Waals surface area contributed by atoms with Crippen LogP contribution in [-0.4, -0.2) is 58.9 Å². The summed E-state index contributed by atoms with van der Waals surface area (Å²) in [6.45, 7) is 4.59. The van der Waals surface area contributed by atoms with Gasteiger partial charge in [0.1, 0.15) is 18.5 Å². The van der Waals surface area contributed by atoms with Crippen molar-refractivity contribution in [3.8, 4) is 5.75 Å². The number of aromatic nitrogens is 2. The highest BCUT2D eigenvalue weighted by atomic mass is 35.5. The Balaban J connectivity index is 1.45. The van der Waals surface area contributed by atoms with E-state index in [4.69, 9.17) is 16.3 Å². The average molecular weight is 407 g/mol. The maximum absolute atomic E-state index is 10.4. The molecule has 1 saturated heterocycles. The van der Waals surface area contributed by atoms with Gasteiger partial charge < -0.3 is 25.0 Å². The number of rotatable bonds is 10. The summed E-state index contributed by atoms with van der Waals surface area (Å²) in [4.78, 5) is 9.47. The molecule has 1 fully saturated rings. The monoisotopic (exact) mass is 406 g/mol. The van der Waals surface area contributed by atoms with Gasteiger partial charge in [-0.1, -0.05) is 24.4 Å². The number of nitrogens with zero attached hydrogens (tertiary/aromatic N) is 2. The van der Waals surface area contributed by atoms with Crippen molar-refractivity contribution >= 4 is 11.6 Å². The first-order valence-corrected chi connectivity index (χ1v) is 10.6. The third kappa shape index (κ3) is 7.09.